The van der Waals surface area contributed by atoms with Crippen molar-refractivity contribution in [1.29, 1.82) is 0 Å². The molecule has 9 heteroatoms. The van der Waals surface area contributed by atoms with Gasteiger partial charge in [0.05, 0.1) is 25.0 Å². The third-order valence-corrected chi connectivity index (χ3v) is 4.89. The lowest BCUT2D eigenvalue weighted by Crippen LogP contribution is -2.34. The summed E-state index contributed by atoms with van der Waals surface area (Å²) in [7, 11) is 4.89. The van der Waals surface area contributed by atoms with E-state index in [4.69, 9.17) is 12.2 Å². The van der Waals surface area contributed by atoms with Crippen LogP contribution in [0.4, 0.5) is 16.2 Å². The van der Waals surface area contributed by atoms with Crippen molar-refractivity contribution < 1.29 is 14.3 Å². The van der Waals surface area contributed by atoms with Gasteiger partial charge in [-0.3, -0.25) is 10.1 Å². The van der Waals surface area contributed by atoms with Crippen molar-refractivity contribution in [2.75, 3.05) is 38.4 Å². The minimum absolute atomic E-state index is 0.0737. The average Bonchev–Trinajstić information content (AvgIpc) is 2.68. The van der Waals surface area contributed by atoms with Crippen LogP contribution < -0.4 is 16.0 Å². The number of hydrogen-bond donors (Lipinski definition) is 3. The Bertz CT molecular complexity index is 860. The molecule has 3 N–H and O–H groups in total. The molecule has 0 aliphatic heterocycles. The number of benzene rings is 2. The highest BCUT2D eigenvalue weighted by molar-refractivity contribution is 7.98. The number of nitrogens with one attached hydrogen (secondary N) is 3. The average molecular weight is 433 g/mol. The van der Waals surface area contributed by atoms with Crippen LogP contribution in [0.3, 0.4) is 0 Å². The second kappa shape index (κ2) is 11.4. The van der Waals surface area contributed by atoms with Crippen LogP contribution in [0.15, 0.2) is 53.4 Å². The normalized spacial score (nSPS) is 10.3. The number of methoxy groups -OCH3 is 1. The molecule has 2 rings (SSSR count). The van der Waals surface area contributed by atoms with Crippen molar-refractivity contribution in [2.24, 2.45) is 0 Å². The highest BCUT2D eigenvalue weighted by Crippen LogP contribution is 2.30. The van der Waals surface area contributed by atoms with E-state index in [1.54, 1.807) is 16.7 Å². The minimum atomic E-state index is -0.671. The first kappa shape index (κ1) is 22.7. The second-order valence-corrected chi connectivity index (χ2v) is 7.80. The van der Waals surface area contributed by atoms with Gasteiger partial charge in [-0.2, -0.15) is 0 Å². The van der Waals surface area contributed by atoms with Crippen molar-refractivity contribution in [3.63, 3.8) is 0 Å². The Labute approximate surface area is 180 Å². The fourth-order valence-electron chi connectivity index (χ4n) is 2.34. The summed E-state index contributed by atoms with van der Waals surface area (Å²) in [6, 6.07) is 15.8. The molecule has 0 saturated heterocycles. The van der Waals surface area contributed by atoms with Gasteiger partial charge in [0.25, 0.3) is 0 Å². The van der Waals surface area contributed by atoms with Gasteiger partial charge >= 0.3 is 6.09 Å². The fraction of sp³-hybridized carbons (Fsp3) is 0.250. The molecule has 2 amide bonds. The predicted octanol–water partition coefficient (Wildman–Crippen LogP) is 3.53. The molecule has 0 fully saturated rings. The summed E-state index contributed by atoms with van der Waals surface area (Å²) in [6.07, 6.45) is -0.671. The maximum Gasteiger partial charge on any atom is 0.413 e. The maximum atomic E-state index is 12.3. The zero-order valence-corrected chi connectivity index (χ0v) is 18.2. The van der Waals surface area contributed by atoms with E-state index in [1.807, 2.05) is 50.5 Å². The fourth-order valence-corrected chi connectivity index (χ4v) is 3.43. The minimum Gasteiger partial charge on any atom is -0.453 e. The number of hydrogen-bond acceptors (Lipinski definition) is 6. The van der Waals surface area contributed by atoms with Crippen LogP contribution in [0.2, 0.25) is 0 Å². The van der Waals surface area contributed by atoms with E-state index in [-0.39, 0.29) is 17.6 Å². The first-order chi connectivity index (χ1) is 13.9. The molecule has 2 aromatic carbocycles. The topological polar surface area (TPSA) is 82.7 Å². The van der Waals surface area contributed by atoms with Crippen LogP contribution in [0, 0.1) is 0 Å². The molecule has 0 aliphatic carbocycles. The van der Waals surface area contributed by atoms with Crippen molar-refractivity contribution >= 4 is 52.5 Å². The van der Waals surface area contributed by atoms with E-state index >= 15 is 0 Å². The number of thioether (sulfide) groups is 1. The number of nitrogens with zero attached hydrogens (tertiary/aromatic N) is 1. The number of likely N-dealkylation sites (N-methyl/N-ethyl adjacent to an activating group) is 1. The third-order valence-electron chi connectivity index (χ3n) is 3.62. The summed E-state index contributed by atoms with van der Waals surface area (Å²) in [6.45, 7) is 0.242. The molecule has 0 bridgehead atoms. The molecule has 2 aromatic rings. The molecule has 0 saturated carbocycles. The van der Waals surface area contributed by atoms with Gasteiger partial charge in [-0.25, -0.2) is 4.79 Å². The largest absolute Gasteiger partial charge is 0.453 e. The van der Waals surface area contributed by atoms with Crippen molar-refractivity contribution in [3.05, 3.63) is 54.1 Å². The van der Waals surface area contributed by atoms with E-state index in [1.165, 1.54) is 12.7 Å². The predicted molar refractivity (Wildman–Crippen MR) is 121 cm³/mol. The summed E-state index contributed by atoms with van der Waals surface area (Å²) in [5, 5.41) is 8.27. The van der Waals surface area contributed by atoms with Gasteiger partial charge in [-0.1, -0.05) is 30.3 Å². The van der Waals surface area contributed by atoms with Crippen LogP contribution in [0.25, 0.3) is 0 Å². The van der Waals surface area contributed by atoms with Gasteiger partial charge in [0.15, 0.2) is 5.11 Å². The molecule has 0 aliphatic rings. The van der Waals surface area contributed by atoms with Crippen LogP contribution in [-0.2, 0) is 15.3 Å². The summed E-state index contributed by atoms with van der Waals surface area (Å²) < 4.78 is 4.53. The van der Waals surface area contributed by atoms with Crippen LogP contribution in [0.5, 0.6) is 0 Å². The van der Waals surface area contributed by atoms with Gasteiger partial charge in [-0.05, 0) is 50.1 Å². The number of carbonyl (C=O) groups is 2. The smallest absolute Gasteiger partial charge is 0.413 e. The molecule has 0 heterocycles. The summed E-state index contributed by atoms with van der Waals surface area (Å²) >= 11 is 6.78. The summed E-state index contributed by atoms with van der Waals surface area (Å²) in [5.41, 5.74) is 2.35. The van der Waals surface area contributed by atoms with Crippen LogP contribution in [0.1, 0.15) is 5.56 Å². The number of ether oxygens (including phenoxy) is 1. The SMILES string of the molecule is COC(=O)NC(=S)Nc1ccc(SCc2ccccc2)cc1NC(=O)CN(C)C. The standard InChI is InChI=1S/C20H24N4O3S2/c1-24(2)12-18(25)21-17-11-15(29-13-14-7-5-4-6-8-14)9-10-16(17)22-19(28)23-20(26)27-3/h4-11H,12-13H2,1-3H3,(H,21,25)(H2,22,23,26,28). The second-order valence-electron chi connectivity index (χ2n) is 6.34. The van der Waals surface area contributed by atoms with Gasteiger partial charge in [0.1, 0.15) is 0 Å². The Hall–Kier alpha value is -2.62. The summed E-state index contributed by atoms with van der Waals surface area (Å²) in [5.74, 6) is 0.649. The Morgan fingerprint density at radius 3 is 2.45 bits per heavy atom. The Balaban J connectivity index is 2.16. The van der Waals surface area contributed by atoms with E-state index in [9.17, 15) is 9.59 Å². The van der Waals surface area contributed by atoms with Crippen molar-refractivity contribution in [3.8, 4) is 0 Å². The van der Waals surface area contributed by atoms with Gasteiger partial charge in [0, 0.05) is 10.6 Å². The van der Waals surface area contributed by atoms with Gasteiger partial charge in [0.2, 0.25) is 5.91 Å². The lowest BCUT2D eigenvalue weighted by molar-refractivity contribution is -0.116. The Morgan fingerprint density at radius 1 is 1.07 bits per heavy atom. The molecule has 0 atom stereocenters. The molecule has 0 unspecified atom stereocenters. The highest BCUT2D eigenvalue weighted by atomic mass is 32.2. The Morgan fingerprint density at radius 2 is 1.79 bits per heavy atom. The molecular formula is C20H24N4O3S2. The number of rotatable bonds is 7. The lowest BCUT2D eigenvalue weighted by atomic mass is 10.2. The highest BCUT2D eigenvalue weighted by Gasteiger charge is 2.12. The van der Waals surface area contributed by atoms with E-state index in [0.29, 0.717) is 11.4 Å². The van der Waals surface area contributed by atoms with Gasteiger partial charge in [-0.15, -0.1) is 11.8 Å². The monoisotopic (exact) mass is 432 g/mol. The molecule has 0 radical (unpaired) electrons. The van der Waals surface area contributed by atoms with E-state index < -0.39 is 6.09 Å². The van der Waals surface area contributed by atoms with Crippen LogP contribution >= 0.6 is 24.0 Å². The molecule has 0 spiro atoms. The quantitative estimate of drug-likeness (QED) is 0.456. The van der Waals surface area contributed by atoms with E-state index in [2.05, 4.69) is 32.8 Å². The zero-order chi connectivity index (χ0) is 21.2. The number of thiocarbonyl (C=S) groups is 1. The van der Waals surface area contributed by atoms with Crippen molar-refractivity contribution in [2.45, 2.75) is 10.6 Å². The first-order valence-electron chi connectivity index (χ1n) is 8.78. The first-order valence-corrected chi connectivity index (χ1v) is 10.2. The third kappa shape index (κ3) is 8.10. The number of alkyl carbamates (subject to hydrolysis) is 1. The molecular weight excluding hydrogens is 408 g/mol. The number of carbonyl (C=O) groups excluding carboxylic acids is 2. The van der Waals surface area contributed by atoms with Crippen LogP contribution in [-0.4, -0.2) is 49.8 Å². The van der Waals surface area contributed by atoms with Crippen molar-refractivity contribution in [1.82, 2.24) is 10.2 Å². The molecule has 7 nitrogen and oxygen atoms in total. The lowest BCUT2D eigenvalue weighted by Gasteiger charge is -2.16. The van der Waals surface area contributed by atoms with E-state index in [0.717, 1.165) is 10.6 Å². The van der Waals surface area contributed by atoms with Gasteiger partial charge < -0.3 is 20.3 Å². The molecule has 29 heavy (non-hydrogen) atoms. The number of amides is 2. The molecule has 0 aromatic heterocycles. The Kier molecular flexibility index (Phi) is 8.91. The zero-order valence-electron chi connectivity index (χ0n) is 16.5. The molecule has 154 valence electrons. The number of anilines is 2. The maximum absolute atomic E-state index is 12.3. The summed E-state index contributed by atoms with van der Waals surface area (Å²) in [4.78, 5) is 26.4.